The number of carbonyl (C=O) groups excluding carboxylic acids is 2. The Balaban J connectivity index is 1.80. The third-order valence-corrected chi connectivity index (χ3v) is 6.51. The first kappa shape index (κ1) is 24.8. The number of hydrogen-bond donors (Lipinski definition) is 3. The molecular formula is C25H30ClN5O4. The van der Waals surface area contributed by atoms with E-state index in [4.69, 9.17) is 22.1 Å². The monoisotopic (exact) mass is 499 g/mol. The van der Waals surface area contributed by atoms with Crippen molar-refractivity contribution in [3.05, 3.63) is 56.7 Å². The molecule has 0 saturated heterocycles. The Kier molecular flexibility index (Phi) is 7.16. The van der Waals surface area contributed by atoms with Gasteiger partial charge in [0.15, 0.2) is 5.75 Å². The molecule has 186 valence electrons. The number of hydrogen-bond acceptors (Lipinski definition) is 5. The first-order valence-corrected chi connectivity index (χ1v) is 12.2. The van der Waals surface area contributed by atoms with Gasteiger partial charge in [-0.3, -0.25) is 19.0 Å². The largest absolute Gasteiger partial charge is 0.488 e. The summed E-state index contributed by atoms with van der Waals surface area (Å²) in [4.78, 5) is 46.5. The summed E-state index contributed by atoms with van der Waals surface area (Å²) in [5, 5.41) is 3.69. The Morgan fingerprint density at radius 3 is 2.77 bits per heavy atom. The van der Waals surface area contributed by atoms with Crippen LogP contribution >= 0.6 is 11.6 Å². The van der Waals surface area contributed by atoms with Crippen LogP contribution in [0.15, 0.2) is 29.1 Å². The van der Waals surface area contributed by atoms with Gasteiger partial charge in [-0.15, -0.1) is 0 Å². The predicted molar refractivity (Wildman–Crippen MR) is 134 cm³/mol. The Morgan fingerprint density at radius 2 is 2.11 bits per heavy atom. The highest BCUT2D eigenvalue weighted by molar-refractivity contribution is 6.30. The second kappa shape index (κ2) is 10.1. The van der Waals surface area contributed by atoms with E-state index in [1.165, 1.54) is 0 Å². The molecular weight excluding hydrogens is 470 g/mol. The molecule has 10 heteroatoms. The van der Waals surface area contributed by atoms with Crippen molar-refractivity contribution < 1.29 is 14.3 Å². The maximum absolute atomic E-state index is 13.7. The average Bonchev–Trinajstić information content (AvgIpc) is 3.40. The summed E-state index contributed by atoms with van der Waals surface area (Å²) < 4.78 is 7.56. The first-order valence-electron chi connectivity index (χ1n) is 11.9. The first-order chi connectivity index (χ1) is 16.7. The number of nitrogens with zero attached hydrogens (tertiary/aromatic N) is 2. The molecule has 2 atom stereocenters. The van der Waals surface area contributed by atoms with Gasteiger partial charge < -0.3 is 20.8 Å². The van der Waals surface area contributed by atoms with E-state index in [1.54, 1.807) is 16.7 Å². The molecule has 1 aliphatic carbocycles. The summed E-state index contributed by atoms with van der Waals surface area (Å²) in [5.74, 6) is -0.591. The van der Waals surface area contributed by atoms with Crippen molar-refractivity contribution in [2.75, 3.05) is 0 Å². The minimum Gasteiger partial charge on any atom is -0.488 e. The molecule has 3 aromatic rings. The number of rotatable bonds is 8. The van der Waals surface area contributed by atoms with E-state index in [0.717, 1.165) is 12.0 Å². The van der Waals surface area contributed by atoms with Gasteiger partial charge in [-0.05, 0) is 44.4 Å². The minimum absolute atomic E-state index is 0.107. The number of nitrogens with two attached hydrogens (primary N) is 1. The standard InChI is InChI=1S/C25H30ClN5O4/c1-4-18-29-23-19(25(34)31(18)12-14-7-5-8-15(26)11-14)21(35-13(2)3)20(30-23)24(33)28-17-10-6-9-16(17)22(27)32/h5,7-8,11,13,16-17,30H,4,6,9-10,12H2,1-3H3,(H2,27,32)(H,28,33)/t16-,17+/m1/s1. The van der Waals surface area contributed by atoms with Crippen LogP contribution in [0.1, 0.15) is 61.9 Å². The van der Waals surface area contributed by atoms with Crippen molar-refractivity contribution in [1.82, 2.24) is 19.9 Å². The van der Waals surface area contributed by atoms with E-state index in [0.29, 0.717) is 30.1 Å². The molecule has 2 heterocycles. The van der Waals surface area contributed by atoms with Crippen LogP contribution in [-0.4, -0.2) is 38.5 Å². The van der Waals surface area contributed by atoms with Crippen molar-refractivity contribution in [3.63, 3.8) is 0 Å². The van der Waals surface area contributed by atoms with E-state index < -0.39 is 17.7 Å². The summed E-state index contributed by atoms with van der Waals surface area (Å²) in [7, 11) is 0. The lowest BCUT2D eigenvalue weighted by Gasteiger charge is -2.18. The number of benzene rings is 1. The molecule has 4 rings (SSSR count). The second-order valence-corrected chi connectivity index (χ2v) is 9.58. The molecule has 0 spiro atoms. The Labute approximate surface area is 208 Å². The zero-order chi connectivity index (χ0) is 25.3. The third kappa shape index (κ3) is 5.05. The molecule has 35 heavy (non-hydrogen) atoms. The van der Waals surface area contributed by atoms with Crippen molar-refractivity contribution in [2.24, 2.45) is 11.7 Å². The van der Waals surface area contributed by atoms with Crippen LogP contribution in [0.2, 0.25) is 5.02 Å². The van der Waals surface area contributed by atoms with Crippen molar-refractivity contribution >= 4 is 34.4 Å². The van der Waals surface area contributed by atoms with Crippen LogP contribution in [0.25, 0.3) is 11.0 Å². The van der Waals surface area contributed by atoms with E-state index in [1.807, 2.05) is 32.9 Å². The van der Waals surface area contributed by atoms with Crippen LogP contribution in [0, 0.1) is 5.92 Å². The number of carbonyl (C=O) groups is 2. The number of halogens is 1. The van der Waals surface area contributed by atoms with Gasteiger partial charge in [0.05, 0.1) is 18.6 Å². The van der Waals surface area contributed by atoms with Crippen LogP contribution in [0.5, 0.6) is 5.75 Å². The maximum Gasteiger partial charge on any atom is 0.271 e. The van der Waals surface area contributed by atoms with Crippen LogP contribution in [0.4, 0.5) is 0 Å². The molecule has 0 bridgehead atoms. The van der Waals surface area contributed by atoms with Crippen LogP contribution < -0.4 is 21.3 Å². The zero-order valence-corrected chi connectivity index (χ0v) is 20.8. The summed E-state index contributed by atoms with van der Waals surface area (Å²) in [6.45, 7) is 5.83. The number of nitrogens with one attached hydrogen (secondary N) is 2. The lowest BCUT2D eigenvalue weighted by molar-refractivity contribution is -0.122. The van der Waals surface area contributed by atoms with Gasteiger partial charge >= 0.3 is 0 Å². The molecule has 4 N–H and O–H groups in total. The third-order valence-electron chi connectivity index (χ3n) is 6.27. The summed E-state index contributed by atoms with van der Waals surface area (Å²) >= 11 is 6.14. The number of amides is 2. The molecule has 9 nitrogen and oxygen atoms in total. The average molecular weight is 500 g/mol. The van der Waals surface area contributed by atoms with Crippen molar-refractivity contribution in [3.8, 4) is 5.75 Å². The number of H-pyrrole nitrogens is 1. The molecule has 0 unspecified atom stereocenters. The van der Waals surface area contributed by atoms with Gasteiger partial charge in [0.1, 0.15) is 22.6 Å². The van der Waals surface area contributed by atoms with E-state index in [9.17, 15) is 14.4 Å². The predicted octanol–water partition coefficient (Wildman–Crippen LogP) is 3.16. The molecule has 1 aliphatic rings. The highest BCUT2D eigenvalue weighted by Crippen LogP contribution is 2.30. The van der Waals surface area contributed by atoms with Gasteiger partial charge in [-0.2, -0.15) is 0 Å². The molecule has 1 saturated carbocycles. The van der Waals surface area contributed by atoms with Gasteiger partial charge in [-0.25, -0.2) is 4.98 Å². The zero-order valence-electron chi connectivity index (χ0n) is 20.1. The van der Waals surface area contributed by atoms with Crippen molar-refractivity contribution in [1.29, 1.82) is 0 Å². The number of aromatic nitrogens is 3. The fraction of sp³-hybridized carbons (Fsp3) is 0.440. The summed E-state index contributed by atoms with van der Waals surface area (Å²) in [6, 6.07) is 6.93. The quantitative estimate of drug-likeness (QED) is 0.438. The lowest BCUT2D eigenvalue weighted by Crippen LogP contribution is -2.42. The maximum atomic E-state index is 13.7. The van der Waals surface area contributed by atoms with Crippen LogP contribution in [-0.2, 0) is 17.8 Å². The van der Waals surface area contributed by atoms with E-state index in [2.05, 4.69) is 15.3 Å². The molecule has 0 aliphatic heterocycles. The Bertz CT molecular complexity index is 1330. The highest BCUT2D eigenvalue weighted by Gasteiger charge is 2.34. The second-order valence-electron chi connectivity index (χ2n) is 9.14. The SMILES string of the molecule is CCc1nc2[nH]c(C(=O)N[C@H]3CCC[C@H]3C(N)=O)c(OC(C)C)c2c(=O)n1Cc1cccc(Cl)c1. The normalized spacial score (nSPS) is 17.7. The van der Waals surface area contributed by atoms with Crippen molar-refractivity contribution in [2.45, 2.75) is 65.1 Å². The summed E-state index contributed by atoms with van der Waals surface area (Å²) in [5.41, 5.74) is 6.45. The number of aromatic amines is 1. The van der Waals surface area contributed by atoms with Gasteiger partial charge in [0, 0.05) is 17.5 Å². The Hall–Kier alpha value is -3.33. The number of fused-ring (bicyclic) bond motifs is 1. The molecule has 2 amide bonds. The highest BCUT2D eigenvalue weighted by atomic mass is 35.5. The molecule has 1 fully saturated rings. The van der Waals surface area contributed by atoms with E-state index in [-0.39, 0.29) is 46.7 Å². The Morgan fingerprint density at radius 1 is 1.34 bits per heavy atom. The van der Waals surface area contributed by atoms with Gasteiger partial charge in [0.2, 0.25) is 5.91 Å². The topological polar surface area (TPSA) is 132 Å². The molecule has 1 aromatic carbocycles. The smallest absolute Gasteiger partial charge is 0.271 e. The number of primary amides is 1. The van der Waals surface area contributed by atoms with Gasteiger partial charge in [-0.1, -0.05) is 37.1 Å². The van der Waals surface area contributed by atoms with Crippen LogP contribution in [0.3, 0.4) is 0 Å². The minimum atomic E-state index is -0.462. The summed E-state index contributed by atoms with van der Waals surface area (Å²) in [6.07, 6.45) is 2.31. The molecule has 0 radical (unpaired) electrons. The number of ether oxygens (including phenoxy) is 1. The van der Waals surface area contributed by atoms with E-state index >= 15 is 0 Å². The lowest BCUT2D eigenvalue weighted by atomic mass is 10.0. The number of aryl methyl sites for hydroxylation is 1. The fourth-order valence-corrected chi connectivity index (χ4v) is 4.89. The van der Waals surface area contributed by atoms with Gasteiger partial charge in [0.25, 0.3) is 11.5 Å². The molecule has 2 aromatic heterocycles. The fourth-order valence-electron chi connectivity index (χ4n) is 4.67.